The van der Waals surface area contributed by atoms with Crippen LogP contribution < -0.4 is 19.7 Å². The van der Waals surface area contributed by atoms with Crippen LogP contribution in [0.15, 0.2) is 42.7 Å². The summed E-state index contributed by atoms with van der Waals surface area (Å²) in [6, 6.07) is 9.15. The number of ether oxygens (including phenoxy) is 2. The summed E-state index contributed by atoms with van der Waals surface area (Å²) >= 11 is 0. The number of rotatable bonds is 4. The van der Waals surface area contributed by atoms with Crippen molar-refractivity contribution in [2.45, 2.75) is 25.5 Å². The second-order valence-electron chi connectivity index (χ2n) is 6.28. The first-order chi connectivity index (χ1) is 12.7. The summed E-state index contributed by atoms with van der Waals surface area (Å²) < 4.78 is 11.3. The van der Waals surface area contributed by atoms with Gasteiger partial charge in [0.1, 0.15) is 6.61 Å². The minimum atomic E-state index is -0.693. The first-order valence-electron chi connectivity index (χ1n) is 8.61. The molecule has 0 unspecified atom stereocenters. The highest BCUT2D eigenvalue weighted by Crippen LogP contribution is 2.30. The number of carbonyl (C=O) groups excluding carboxylic acids is 2. The number of para-hydroxylation sites is 2. The van der Waals surface area contributed by atoms with Gasteiger partial charge in [0.25, 0.3) is 5.91 Å². The van der Waals surface area contributed by atoms with Crippen LogP contribution in [-0.2, 0) is 16.1 Å². The number of nitrogens with one attached hydrogen (secondary N) is 1. The van der Waals surface area contributed by atoms with Gasteiger partial charge in [-0.05, 0) is 30.2 Å². The van der Waals surface area contributed by atoms with Gasteiger partial charge in [0.2, 0.25) is 12.0 Å². The minimum absolute atomic E-state index is 0.111. The Kier molecular flexibility index (Phi) is 4.43. The van der Waals surface area contributed by atoms with Crippen LogP contribution in [0.25, 0.3) is 0 Å². The molecule has 0 spiro atoms. The zero-order chi connectivity index (χ0) is 17.9. The quantitative estimate of drug-likeness (QED) is 0.904. The molecular formula is C19H19N3O4. The van der Waals surface area contributed by atoms with Crippen molar-refractivity contribution >= 4 is 17.5 Å². The van der Waals surface area contributed by atoms with Crippen molar-refractivity contribution < 1.29 is 19.1 Å². The average Bonchev–Trinajstić information content (AvgIpc) is 3.12. The van der Waals surface area contributed by atoms with Crippen molar-refractivity contribution in [2.24, 2.45) is 0 Å². The van der Waals surface area contributed by atoms with Crippen molar-refractivity contribution in [3.05, 3.63) is 48.3 Å². The van der Waals surface area contributed by atoms with Crippen LogP contribution in [0.3, 0.4) is 0 Å². The number of carbonyl (C=O) groups is 2. The van der Waals surface area contributed by atoms with Crippen LogP contribution in [0.4, 0.5) is 5.69 Å². The molecular weight excluding hydrogens is 334 g/mol. The number of nitrogens with zero attached hydrogens (tertiary/aromatic N) is 2. The van der Waals surface area contributed by atoms with Gasteiger partial charge in [0, 0.05) is 25.7 Å². The van der Waals surface area contributed by atoms with Crippen LogP contribution in [0.5, 0.6) is 11.5 Å². The number of pyridine rings is 1. The lowest BCUT2D eigenvalue weighted by Gasteiger charge is -2.25. The number of hydrogen-bond donors (Lipinski definition) is 1. The number of anilines is 1. The van der Waals surface area contributed by atoms with Gasteiger partial charge < -0.3 is 19.7 Å². The van der Waals surface area contributed by atoms with Gasteiger partial charge >= 0.3 is 0 Å². The third-order valence-corrected chi connectivity index (χ3v) is 4.43. The highest BCUT2D eigenvalue weighted by molar-refractivity contribution is 5.95. The molecule has 0 radical (unpaired) electrons. The molecule has 1 atom stereocenters. The Balaban J connectivity index is 1.37. The molecule has 7 nitrogen and oxygen atoms in total. The molecule has 1 aromatic carbocycles. The SMILES string of the molecule is O=C(NCc1cncc(N2CCCC2=O)c1)[C@H]1COc2ccccc2O1. The maximum absolute atomic E-state index is 12.4. The molecule has 4 rings (SSSR count). The van der Waals surface area contributed by atoms with Gasteiger partial charge in [0.05, 0.1) is 11.9 Å². The van der Waals surface area contributed by atoms with Crippen LogP contribution in [-0.4, -0.2) is 36.1 Å². The Labute approximate surface area is 150 Å². The van der Waals surface area contributed by atoms with E-state index >= 15 is 0 Å². The fraction of sp³-hybridized carbons (Fsp3) is 0.316. The van der Waals surface area contributed by atoms with E-state index in [4.69, 9.17) is 9.47 Å². The fourth-order valence-electron chi connectivity index (χ4n) is 3.09. The normalized spacial score (nSPS) is 18.7. The van der Waals surface area contributed by atoms with Crippen molar-refractivity contribution in [1.29, 1.82) is 0 Å². The van der Waals surface area contributed by atoms with E-state index in [1.54, 1.807) is 29.4 Å². The van der Waals surface area contributed by atoms with Crippen molar-refractivity contribution in [2.75, 3.05) is 18.1 Å². The molecule has 1 aromatic heterocycles. The molecule has 1 saturated heterocycles. The number of aromatic nitrogens is 1. The molecule has 2 aliphatic rings. The predicted molar refractivity (Wildman–Crippen MR) is 94.0 cm³/mol. The maximum Gasteiger partial charge on any atom is 0.264 e. The average molecular weight is 353 g/mol. The Hall–Kier alpha value is -3.09. The van der Waals surface area contributed by atoms with Crippen molar-refractivity contribution in [3.63, 3.8) is 0 Å². The van der Waals surface area contributed by atoms with Crippen LogP contribution in [0.2, 0.25) is 0 Å². The van der Waals surface area contributed by atoms with Crippen molar-refractivity contribution in [1.82, 2.24) is 10.3 Å². The lowest BCUT2D eigenvalue weighted by Crippen LogP contribution is -2.43. The number of benzene rings is 1. The summed E-state index contributed by atoms with van der Waals surface area (Å²) in [4.78, 5) is 30.1. The summed E-state index contributed by atoms with van der Waals surface area (Å²) in [5, 5.41) is 2.84. The highest BCUT2D eigenvalue weighted by atomic mass is 16.6. The minimum Gasteiger partial charge on any atom is -0.485 e. The molecule has 1 N–H and O–H groups in total. The maximum atomic E-state index is 12.4. The summed E-state index contributed by atoms with van der Waals surface area (Å²) in [5.41, 5.74) is 1.60. The van der Waals surface area contributed by atoms with E-state index in [9.17, 15) is 9.59 Å². The Bertz CT molecular complexity index is 839. The topological polar surface area (TPSA) is 80.8 Å². The monoisotopic (exact) mass is 353 g/mol. The molecule has 2 aromatic rings. The summed E-state index contributed by atoms with van der Waals surface area (Å²) in [5.74, 6) is 1.07. The van der Waals surface area contributed by atoms with E-state index in [2.05, 4.69) is 10.3 Å². The van der Waals surface area contributed by atoms with Crippen LogP contribution >= 0.6 is 0 Å². The molecule has 0 saturated carbocycles. The van der Waals surface area contributed by atoms with Crippen LogP contribution in [0, 0.1) is 0 Å². The number of hydrogen-bond acceptors (Lipinski definition) is 5. The molecule has 134 valence electrons. The van der Waals surface area contributed by atoms with E-state index in [-0.39, 0.29) is 18.4 Å². The molecule has 0 aliphatic carbocycles. The predicted octanol–water partition coefficient (Wildman–Crippen LogP) is 1.66. The van der Waals surface area contributed by atoms with Gasteiger partial charge in [-0.25, -0.2) is 0 Å². The number of fused-ring (bicyclic) bond motifs is 1. The van der Waals surface area contributed by atoms with E-state index in [0.717, 1.165) is 17.7 Å². The smallest absolute Gasteiger partial charge is 0.264 e. The van der Waals surface area contributed by atoms with Gasteiger partial charge in [0.15, 0.2) is 11.5 Å². The van der Waals surface area contributed by atoms with Gasteiger partial charge in [-0.15, -0.1) is 0 Å². The second-order valence-corrected chi connectivity index (χ2v) is 6.28. The number of amides is 2. The molecule has 26 heavy (non-hydrogen) atoms. The van der Waals surface area contributed by atoms with E-state index in [1.165, 1.54) is 0 Å². The molecule has 2 aliphatic heterocycles. The first kappa shape index (κ1) is 16.4. The molecule has 1 fully saturated rings. The molecule has 3 heterocycles. The lowest BCUT2D eigenvalue weighted by molar-refractivity contribution is -0.130. The van der Waals surface area contributed by atoms with Crippen LogP contribution in [0.1, 0.15) is 18.4 Å². The van der Waals surface area contributed by atoms with E-state index in [1.807, 2.05) is 18.2 Å². The standard InChI is InChI=1S/C19H19N3O4/c23-18-6-3-7-22(18)14-8-13(9-20-11-14)10-21-19(24)17-12-25-15-4-1-2-5-16(15)26-17/h1-2,4-5,8-9,11,17H,3,6-7,10,12H2,(H,21,24)/t17-/m1/s1. The Morgan fingerprint density at radius 2 is 2.12 bits per heavy atom. The van der Waals surface area contributed by atoms with Gasteiger partial charge in [-0.3, -0.25) is 14.6 Å². The highest BCUT2D eigenvalue weighted by Gasteiger charge is 2.27. The third kappa shape index (κ3) is 3.33. The Morgan fingerprint density at radius 1 is 1.27 bits per heavy atom. The summed E-state index contributed by atoms with van der Waals surface area (Å²) in [6.45, 7) is 1.19. The van der Waals surface area contributed by atoms with E-state index in [0.29, 0.717) is 31.0 Å². The largest absolute Gasteiger partial charge is 0.485 e. The van der Waals surface area contributed by atoms with Gasteiger partial charge in [-0.1, -0.05) is 12.1 Å². The van der Waals surface area contributed by atoms with Gasteiger partial charge in [-0.2, -0.15) is 0 Å². The summed E-state index contributed by atoms with van der Waals surface area (Å²) in [6.07, 6.45) is 4.09. The fourth-order valence-corrected chi connectivity index (χ4v) is 3.09. The van der Waals surface area contributed by atoms with E-state index < -0.39 is 6.10 Å². The zero-order valence-electron chi connectivity index (χ0n) is 14.2. The lowest BCUT2D eigenvalue weighted by atomic mass is 10.2. The third-order valence-electron chi connectivity index (χ3n) is 4.43. The zero-order valence-corrected chi connectivity index (χ0v) is 14.2. The second kappa shape index (κ2) is 7.03. The molecule has 2 amide bonds. The van der Waals surface area contributed by atoms with Crippen molar-refractivity contribution in [3.8, 4) is 11.5 Å². The summed E-state index contributed by atoms with van der Waals surface area (Å²) in [7, 11) is 0. The molecule has 0 bridgehead atoms. The Morgan fingerprint density at radius 3 is 2.92 bits per heavy atom. The molecule has 7 heteroatoms. The first-order valence-corrected chi connectivity index (χ1v) is 8.61.